The summed E-state index contributed by atoms with van der Waals surface area (Å²) in [5, 5.41) is 2.85. The number of carbonyl (C=O) groups is 2. The molecule has 0 atom stereocenters. The second-order valence-corrected chi connectivity index (χ2v) is 8.25. The summed E-state index contributed by atoms with van der Waals surface area (Å²) in [6, 6.07) is 10.9. The van der Waals surface area contributed by atoms with Gasteiger partial charge in [-0.25, -0.2) is 0 Å². The molecule has 162 valence electrons. The highest BCUT2D eigenvalue weighted by molar-refractivity contribution is 6.03. The van der Waals surface area contributed by atoms with E-state index in [-0.39, 0.29) is 25.2 Å². The summed E-state index contributed by atoms with van der Waals surface area (Å²) in [5.74, 6) is 1.72. The van der Waals surface area contributed by atoms with E-state index in [4.69, 9.17) is 14.2 Å². The van der Waals surface area contributed by atoms with Crippen molar-refractivity contribution in [3.8, 4) is 17.2 Å². The van der Waals surface area contributed by atoms with Crippen LogP contribution in [-0.4, -0.2) is 31.8 Å². The van der Waals surface area contributed by atoms with E-state index in [2.05, 4.69) is 5.32 Å². The number of amides is 2. The Labute approximate surface area is 181 Å². The summed E-state index contributed by atoms with van der Waals surface area (Å²) in [6.07, 6.45) is 4.01. The maximum atomic E-state index is 12.9. The van der Waals surface area contributed by atoms with Gasteiger partial charge in [-0.05, 0) is 56.2 Å². The van der Waals surface area contributed by atoms with Crippen molar-refractivity contribution in [3.05, 3.63) is 48.0 Å². The Hall–Kier alpha value is -3.48. The molecule has 2 aromatic carbocycles. The number of anilines is 2. The third-order valence-corrected chi connectivity index (χ3v) is 5.20. The van der Waals surface area contributed by atoms with E-state index >= 15 is 0 Å². The lowest BCUT2D eigenvalue weighted by Gasteiger charge is -2.27. The van der Waals surface area contributed by atoms with Crippen LogP contribution in [0.4, 0.5) is 11.4 Å². The minimum Gasteiger partial charge on any atom is -0.490 e. The largest absolute Gasteiger partial charge is 0.490 e. The van der Waals surface area contributed by atoms with Crippen LogP contribution in [0.15, 0.2) is 42.5 Å². The molecule has 0 saturated heterocycles. The van der Waals surface area contributed by atoms with Crippen LogP contribution in [0.3, 0.4) is 0 Å². The van der Waals surface area contributed by atoms with Gasteiger partial charge in [-0.3, -0.25) is 9.59 Å². The molecule has 7 heteroatoms. The van der Waals surface area contributed by atoms with Crippen LogP contribution in [0.1, 0.15) is 32.8 Å². The van der Waals surface area contributed by atoms with Crippen molar-refractivity contribution < 1.29 is 23.8 Å². The molecule has 7 nitrogen and oxygen atoms in total. The van der Waals surface area contributed by atoms with Crippen LogP contribution in [0.25, 0.3) is 6.08 Å². The zero-order valence-corrected chi connectivity index (χ0v) is 17.9. The summed E-state index contributed by atoms with van der Waals surface area (Å²) in [6.45, 7) is 6.90. The Morgan fingerprint density at radius 1 is 1.10 bits per heavy atom. The van der Waals surface area contributed by atoms with Crippen molar-refractivity contribution >= 4 is 29.3 Å². The lowest BCUT2D eigenvalue weighted by Crippen LogP contribution is -2.42. The van der Waals surface area contributed by atoms with E-state index in [0.717, 1.165) is 17.7 Å². The normalized spacial score (nSPS) is 16.6. The molecule has 0 radical (unpaired) electrons. The first-order valence-corrected chi connectivity index (χ1v) is 10.3. The monoisotopic (exact) mass is 422 g/mol. The SMILES string of the molecule is CCCN1C(=O)C(C)(C)COc2cc(NC(=O)/C=C/c3ccc4c(c3)OCO4)ccc21. The van der Waals surface area contributed by atoms with E-state index in [1.807, 2.05) is 45.0 Å². The Morgan fingerprint density at radius 3 is 2.71 bits per heavy atom. The fraction of sp³-hybridized carbons (Fsp3) is 0.333. The molecular formula is C24H26N2O5. The number of fused-ring (bicyclic) bond motifs is 2. The average molecular weight is 422 g/mol. The van der Waals surface area contributed by atoms with Gasteiger partial charge in [0.05, 0.1) is 11.1 Å². The topological polar surface area (TPSA) is 77.1 Å². The summed E-state index contributed by atoms with van der Waals surface area (Å²) in [7, 11) is 0. The molecule has 2 aromatic rings. The van der Waals surface area contributed by atoms with Crippen molar-refractivity contribution in [1.29, 1.82) is 0 Å². The van der Waals surface area contributed by atoms with E-state index in [1.54, 1.807) is 23.1 Å². The van der Waals surface area contributed by atoms with Crippen molar-refractivity contribution in [2.45, 2.75) is 27.2 Å². The number of carbonyl (C=O) groups excluding carboxylic acids is 2. The molecular weight excluding hydrogens is 396 g/mol. The molecule has 0 spiro atoms. The maximum absolute atomic E-state index is 12.9. The molecule has 0 saturated carbocycles. The highest BCUT2D eigenvalue weighted by atomic mass is 16.7. The van der Waals surface area contributed by atoms with E-state index < -0.39 is 5.41 Å². The lowest BCUT2D eigenvalue weighted by atomic mass is 9.93. The Balaban J connectivity index is 1.49. The van der Waals surface area contributed by atoms with Crippen LogP contribution in [0.2, 0.25) is 0 Å². The molecule has 2 amide bonds. The van der Waals surface area contributed by atoms with Crippen LogP contribution in [0, 0.1) is 5.41 Å². The molecule has 0 unspecified atom stereocenters. The molecule has 0 aromatic heterocycles. The molecule has 31 heavy (non-hydrogen) atoms. The average Bonchev–Trinajstić information content (AvgIpc) is 3.19. The first kappa shape index (κ1) is 20.8. The third-order valence-electron chi connectivity index (χ3n) is 5.20. The second kappa shape index (κ2) is 8.34. The van der Waals surface area contributed by atoms with Gasteiger partial charge in [-0.1, -0.05) is 13.0 Å². The second-order valence-electron chi connectivity index (χ2n) is 8.25. The van der Waals surface area contributed by atoms with Gasteiger partial charge < -0.3 is 24.4 Å². The standard InChI is InChI=1S/C24H26N2O5/c1-4-11-26-18-8-7-17(13-20(18)29-14-24(2,3)23(26)28)25-22(27)10-6-16-5-9-19-21(12-16)31-15-30-19/h5-10,12-13H,4,11,14-15H2,1-3H3,(H,25,27)/b10-6+. The highest BCUT2D eigenvalue weighted by Gasteiger charge is 2.37. The predicted octanol–water partition coefficient (Wildman–Crippen LogP) is 4.23. The molecule has 1 N–H and O–H groups in total. The van der Waals surface area contributed by atoms with Crippen LogP contribution >= 0.6 is 0 Å². The molecule has 4 rings (SSSR count). The molecule has 2 aliphatic rings. The third kappa shape index (κ3) is 4.35. The van der Waals surface area contributed by atoms with Gasteiger partial charge >= 0.3 is 0 Å². The molecule has 2 aliphatic heterocycles. The van der Waals surface area contributed by atoms with Gasteiger partial charge in [-0.2, -0.15) is 0 Å². The van der Waals surface area contributed by atoms with Crippen molar-refractivity contribution in [1.82, 2.24) is 0 Å². The fourth-order valence-electron chi connectivity index (χ4n) is 3.54. The van der Waals surface area contributed by atoms with Crippen LogP contribution in [-0.2, 0) is 9.59 Å². The number of benzene rings is 2. The van der Waals surface area contributed by atoms with Crippen molar-refractivity contribution in [2.75, 3.05) is 30.2 Å². The predicted molar refractivity (Wildman–Crippen MR) is 119 cm³/mol. The summed E-state index contributed by atoms with van der Waals surface area (Å²) >= 11 is 0. The van der Waals surface area contributed by atoms with Crippen molar-refractivity contribution in [3.63, 3.8) is 0 Å². The molecule has 2 heterocycles. The van der Waals surface area contributed by atoms with Crippen molar-refractivity contribution in [2.24, 2.45) is 5.41 Å². The number of hydrogen-bond acceptors (Lipinski definition) is 5. The van der Waals surface area contributed by atoms with E-state index in [0.29, 0.717) is 29.5 Å². The minimum absolute atomic E-state index is 0.0385. The molecule has 0 aliphatic carbocycles. The van der Waals surface area contributed by atoms with Crippen LogP contribution in [0.5, 0.6) is 17.2 Å². The maximum Gasteiger partial charge on any atom is 0.248 e. The zero-order chi connectivity index (χ0) is 22.0. The highest BCUT2D eigenvalue weighted by Crippen LogP contribution is 2.38. The Morgan fingerprint density at radius 2 is 1.90 bits per heavy atom. The fourth-order valence-corrected chi connectivity index (χ4v) is 3.54. The van der Waals surface area contributed by atoms with Gasteiger partial charge in [0, 0.05) is 24.4 Å². The van der Waals surface area contributed by atoms with E-state index in [1.165, 1.54) is 6.08 Å². The summed E-state index contributed by atoms with van der Waals surface area (Å²) in [5.41, 5.74) is 1.54. The first-order valence-electron chi connectivity index (χ1n) is 10.3. The Kier molecular flexibility index (Phi) is 5.59. The zero-order valence-electron chi connectivity index (χ0n) is 17.9. The summed E-state index contributed by atoms with van der Waals surface area (Å²) < 4.78 is 16.6. The van der Waals surface area contributed by atoms with Gasteiger partial charge in [0.25, 0.3) is 0 Å². The van der Waals surface area contributed by atoms with Gasteiger partial charge in [-0.15, -0.1) is 0 Å². The first-order chi connectivity index (χ1) is 14.9. The van der Waals surface area contributed by atoms with E-state index in [9.17, 15) is 9.59 Å². The van der Waals surface area contributed by atoms with Gasteiger partial charge in [0.2, 0.25) is 18.6 Å². The smallest absolute Gasteiger partial charge is 0.248 e. The lowest BCUT2D eigenvalue weighted by molar-refractivity contribution is -0.127. The number of rotatable bonds is 5. The number of hydrogen-bond donors (Lipinski definition) is 1. The number of nitrogens with one attached hydrogen (secondary N) is 1. The van der Waals surface area contributed by atoms with Crippen LogP contribution < -0.4 is 24.4 Å². The summed E-state index contributed by atoms with van der Waals surface area (Å²) in [4.78, 5) is 27.1. The van der Waals surface area contributed by atoms with Gasteiger partial charge in [0.1, 0.15) is 12.4 Å². The number of nitrogens with zero attached hydrogens (tertiary/aromatic N) is 1. The minimum atomic E-state index is -0.620. The Bertz CT molecular complexity index is 1040. The quantitative estimate of drug-likeness (QED) is 0.730. The van der Waals surface area contributed by atoms with Gasteiger partial charge in [0.15, 0.2) is 11.5 Å². The molecule has 0 fully saturated rings. The number of ether oxygens (including phenoxy) is 3. The molecule has 0 bridgehead atoms.